The van der Waals surface area contributed by atoms with Crippen LogP contribution in [0.15, 0.2) is 6.07 Å². The zero-order valence-electron chi connectivity index (χ0n) is 18.3. The lowest BCUT2D eigenvalue weighted by molar-refractivity contribution is -0.135. The Morgan fingerprint density at radius 1 is 1.17 bits per heavy atom. The molecule has 5 rings (SSSR count). The molecule has 162 valence electrons. The highest BCUT2D eigenvalue weighted by Gasteiger charge is 2.33. The second-order valence-corrected chi connectivity index (χ2v) is 9.19. The molecule has 2 aliphatic heterocycles. The van der Waals surface area contributed by atoms with Crippen LogP contribution in [0.3, 0.4) is 0 Å². The van der Waals surface area contributed by atoms with Crippen LogP contribution in [-0.4, -0.2) is 69.7 Å². The van der Waals surface area contributed by atoms with Crippen molar-refractivity contribution >= 4 is 11.6 Å². The first kappa shape index (κ1) is 19.9. The molecule has 7 nitrogen and oxygen atoms in total. The molecule has 3 fully saturated rings. The minimum atomic E-state index is 0.208. The van der Waals surface area contributed by atoms with E-state index in [1.165, 1.54) is 38.8 Å². The Balaban J connectivity index is 1.34. The van der Waals surface area contributed by atoms with E-state index >= 15 is 0 Å². The molecular formula is C23H33N5O2. The van der Waals surface area contributed by atoms with Crippen molar-refractivity contribution in [3.63, 3.8) is 0 Å². The molecule has 30 heavy (non-hydrogen) atoms. The molecule has 7 heteroatoms. The Kier molecular flexibility index (Phi) is 5.50. The molecule has 1 atom stereocenters. The number of carbonyl (C=O) groups excluding carboxylic acids is 1. The largest absolute Gasteiger partial charge is 0.378 e. The molecule has 0 unspecified atom stereocenters. The first-order valence-corrected chi connectivity index (χ1v) is 11.6. The average molecular weight is 412 g/mol. The van der Waals surface area contributed by atoms with Crippen molar-refractivity contribution in [1.29, 1.82) is 0 Å². The molecule has 1 amide bonds. The normalized spacial score (nSPS) is 22.9. The van der Waals surface area contributed by atoms with Crippen LogP contribution in [0, 0.1) is 19.8 Å². The van der Waals surface area contributed by atoms with E-state index in [2.05, 4.69) is 24.8 Å². The standard InChI is InChI=1S/C23H33N5O2/c1-16-19(7-8-23(29)26-10-12-30-13-11-26)17(2)28-22(24-16)14-20(25-28)21-4-3-9-27(21)15-18-5-6-18/h14,18,21H,3-13,15H2,1-2H3/t21-/m0/s1. The highest BCUT2D eigenvalue weighted by molar-refractivity contribution is 5.76. The zero-order valence-corrected chi connectivity index (χ0v) is 18.3. The lowest BCUT2D eigenvalue weighted by atomic mass is 10.1. The molecular weight excluding hydrogens is 378 g/mol. The fraction of sp³-hybridized carbons (Fsp3) is 0.696. The van der Waals surface area contributed by atoms with E-state index in [9.17, 15) is 4.79 Å². The molecule has 0 N–H and O–H groups in total. The summed E-state index contributed by atoms with van der Waals surface area (Å²) >= 11 is 0. The van der Waals surface area contributed by atoms with Gasteiger partial charge in [0.1, 0.15) is 0 Å². The Morgan fingerprint density at radius 2 is 1.97 bits per heavy atom. The number of morpholine rings is 1. The minimum absolute atomic E-state index is 0.208. The van der Waals surface area contributed by atoms with Gasteiger partial charge in [0, 0.05) is 43.5 Å². The first-order chi connectivity index (χ1) is 14.6. The molecule has 1 aliphatic carbocycles. The van der Waals surface area contributed by atoms with Gasteiger partial charge in [-0.05, 0) is 64.0 Å². The van der Waals surface area contributed by atoms with Gasteiger partial charge in [-0.2, -0.15) is 5.10 Å². The first-order valence-electron chi connectivity index (χ1n) is 11.6. The maximum absolute atomic E-state index is 12.6. The van der Waals surface area contributed by atoms with Gasteiger partial charge in [0.25, 0.3) is 0 Å². The van der Waals surface area contributed by atoms with Gasteiger partial charge in [-0.1, -0.05) is 0 Å². The number of nitrogens with zero attached hydrogens (tertiary/aromatic N) is 5. The topological polar surface area (TPSA) is 63.0 Å². The number of fused-ring (bicyclic) bond motifs is 1. The summed E-state index contributed by atoms with van der Waals surface area (Å²) in [5.41, 5.74) is 5.37. The number of ether oxygens (including phenoxy) is 1. The summed E-state index contributed by atoms with van der Waals surface area (Å²) in [6.45, 7) is 9.28. The van der Waals surface area contributed by atoms with Crippen LogP contribution in [0.25, 0.3) is 5.65 Å². The van der Waals surface area contributed by atoms with E-state index in [0.717, 1.165) is 34.2 Å². The molecule has 4 heterocycles. The van der Waals surface area contributed by atoms with Crippen LogP contribution < -0.4 is 0 Å². The third kappa shape index (κ3) is 3.97. The van der Waals surface area contributed by atoms with Crippen LogP contribution in [0.5, 0.6) is 0 Å². The maximum Gasteiger partial charge on any atom is 0.223 e. The van der Waals surface area contributed by atoms with Crippen molar-refractivity contribution in [3.05, 3.63) is 28.7 Å². The Bertz CT molecular complexity index is 929. The van der Waals surface area contributed by atoms with Crippen molar-refractivity contribution < 1.29 is 9.53 Å². The lowest BCUT2D eigenvalue weighted by Gasteiger charge is -2.27. The molecule has 0 radical (unpaired) electrons. The van der Waals surface area contributed by atoms with Gasteiger partial charge in [-0.25, -0.2) is 9.50 Å². The van der Waals surface area contributed by atoms with Crippen molar-refractivity contribution in [3.8, 4) is 0 Å². The third-order valence-corrected chi connectivity index (χ3v) is 7.03. The SMILES string of the molecule is Cc1nc2cc([C@@H]3CCCN3CC3CC3)nn2c(C)c1CCC(=O)N1CCOCC1. The molecule has 0 bridgehead atoms. The van der Waals surface area contributed by atoms with Gasteiger partial charge in [0.2, 0.25) is 5.91 Å². The van der Waals surface area contributed by atoms with E-state index < -0.39 is 0 Å². The summed E-state index contributed by atoms with van der Waals surface area (Å²) in [6, 6.07) is 2.61. The van der Waals surface area contributed by atoms with Crippen molar-refractivity contribution in [1.82, 2.24) is 24.4 Å². The Labute approximate surface area is 178 Å². The third-order valence-electron chi connectivity index (χ3n) is 7.03. The predicted molar refractivity (Wildman–Crippen MR) is 114 cm³/mol. The number of aromatic nitrogens is 3. The fourth-order valence-corrected chi connectivity index (χ4v) is 5.08. The van der Waals surface area contributed by atoms with Gasteiger partial charge < -0.3 is 9.64 Å². The summed E-state index contributed by atoms with van der Waals surface area (Å²) in [5, 5.41) is 4.99. The van der Waals surface area contributed by atoms with Gasteiger partial charge >= 0.3 is 0 Å². The quantitative estimate of drug-likeness (QED) is 0.731. The van der Waals surface area contributed by atoms with Crippen LogP contribution >= 0.6 is 0 Å². The number of hydrogen-bond donors (Lipinski definition) is 0. The van der Waals surface area contributed by atoms with E-state index in [1.54, 1.807) is 0 Å². The second-order valence-electron chi connectivity index (χ2n) is 9.19. The van der Waals surface area contributed by atoms with Gasteiger partial charge in [-0.3, -0.25) is 9.69 Å². The predicted octanol–water partition coefficient (Wildman–Crippen LogP) is 2.68. The summed E-state index contributed by atoms with van der Waals surface area (Å²) in [6.07, 6.45) is 6.45. The molecule has 3 aliphatic rings. The number of likely N-dealkylation sites (tertiary alicyclic amines) is 1. The van der Waals surface area contributed by atoms with E-state index in [4.69, 9.17) is 14.8 Å². The summed E-state index contributed by atoms with van der Waals surface area (Å²) < 4.78 is 7.36. The summed E-state index contributed by atoms with van der Waals surface area (Å²) in [4.78, 5) is 22.0. The van der Waals surface area contributed by atoms with E-state index in [0.29, 0.717) is 45.2 Å². The van der Waals surface area contributed by atoms with Gasteiger partial charge in [0.15, 0.2) is 5.65 Å². The average Bonchev–Trinajstić information content (AvgIpc) is 3.27. The summed E-state index contributed by atoms with van der Waals surface area (Å²) in [5.74, 6) is 1.11. The highest BCUT2D eigenvalue weighted by Crippen LogP contribution is 2.37. The van der Waals surface area contributed by atoms with Gasteiger partial charge in [0.05, 0.1) is 24.9 Å². The Hall–Kier alpha value is -1.99. The van der Waals surface area contributed by atoms with E-state index in [-0.39, 0.29) is 5.91 Å². The number of hydrogen-bond acceptors (Lipinski definition) is 5. The number of amides is 1. The monoisotopic (exact) mass is 411 g/mol. The number of rotatable bonds is 6. The molecule has 2 saturated heterocycles. The van der Waals surface area contributed by atoms with Crippen LogP contribution in [0.4, 0.5) is 0 Å². The van der Waals surface area contributed by atoms with E-state index in [1.807, 2.05) is 9.42 Å². The highest BCUT2D eigenvalue weighted by atomic mass is 16.5. The van der Waals surface area contributed by atoms with Crippen LogP contribution in [0.1, 0.15) is 60.8 Å². The fourth-order valence-electron chi connectivity index (χ4n) is 5.08. The number of carbonyl (C=O) groups is 1. The molecule has 2 aromatic rings. The van der Waals surface area contributed by atoms with Crippen molar-refractivity contribution in [2.75, 3.05) is 39.4 Å². The molecule has 0 spiro atoms. The molecule has 1 saturated carbocycles. The van der Waals surface area contributed by atoms with Crippen LogP contribution in [0.2, 0.25) is 0 Å². The maximum atomic E-state index is 12.6. The Morgan fingerprint density at radius 3 is 2.73 bits per heavy atom. The minimum Gasteiger partial charge on any atom is -0.378 e. The lowest BCUT2D eigenvalue weighted by Crippen LogP contribution is -2.40. The zero-order chi connectivity index (χ0) is 20.7. The number of aryl methyl sites for hydroxylation is 2. The molecule has 2 aromatic heterocycles. The van der Waals surface area contributed by atoms with Crippen molar-refractivity contribution in [2.45, 2.75) is 58.4 Å². The smallest absolute Gasteiger partial charge is 0.223 e. The molecule has 0 aromatic carbocycles. The van der Waals surface area contributed by atoms with Crippen molar-refractivity contribution in [2.24, 2.45) is 5.92 Å². The van der Waals surface area contributed by atoms with Crippen LogP contribution in [-0.2, 0) is 16.0 Å². The van der Waals surface area contributed by atoms with Gasteiger partial charge in [-0.15, -0.1) is 0 Å². The second kappa shape index (κ2) is 8.27. The summed E-state index contributed by atoms with van der Waals surface area (Å²) in [7, 11) is 0.